The molecular formula is C21H22ClN5O2. The summed E-state index contributed by atoms with van der Waals surface area (Å²) in [6.45, 7) is 4.27. The number of para-hydroxylation sites is 1. The summed E-state index contributed by atoms with van der Waals surface area (Å²) in [7, 11) is 0. The van der Waals surface area contributed by atoms with Gasteiger partial charge in [0.1, 0.15) is 0 Å². The summed E-state index contributed by atoms with van der Waals surface area (Å²) in [5.41, 5.74) is 1.58. The van der Waals surface area contributed by atoms with Crippen LogP contribution in [0, 0.1) is 0 Å². The van der Waals surface area contributed by atoms with E-state index in [2.05, 4.69) is 25.3 Å². The van der Waals surface area contributed by atoms with Gasteiger partial charge in [-0.2, -0.15) is 4.98 Å². The first-order chi connectivity index (χ1) is 14.2. The normalized spacial score (nSPS) is 15.3. The van der Waals surface area contributed by atoms with E-state index in [1.165, 1.54) is 0 Å². The Balaban J connectivity index is 1.25. The van der Waals surface area contributed by atoms with Gasteiger partial charge in [0, 0.05) is 37.4 Å². The summed E-state index contributed by atoms with van der Waals surface area (Å²) in [5.74, 6) is 1.07. The number of piperazine rings is 1. The van der Waals surface area contributed by atoms with Gasteiger partial charge < -0.3 is 9.84 Å². The van der Waals surface area contributed by atoms with Crippen molar-refractivity contribution in [1.29, 1.82) is 0 Å². The molecular weight excluding hydrogens is 390 g/mol. The van der Waals surface area contributed by atoms with Crippen LogP contribution in [-0.4, -0.2) is 58.6 Å². The van der Waals surface area contributed by atoms with E-state index in [4.69, 9.17) is 16.1 Å². The molecule has 1 saturated heterocycles. The molecule has 150 valence electrons. The SMILES string of the molecule is O=C(CN1CCN(Cc2nc(-c3ccccc3Cl)no2)CC1)Nc1ccccc1. The molecule has 2 aromatic carbocycles. The number of amides is 1. The van der Waals surface area contributed by atoms with Crippen LogP contribution in [0.1, 0.15) is 5.89 Å². The molecule has 3 aromatic rings. The maximum atomic E-state index is 12.2. The van der Waals surface area contributed by atoms with E-state index in [0.717, 1.165) is 37.4 Å². The zero-order valence-corrected chi connectivity index (χ0v) is 16.7. The average Bonchev–Trinajstić information content (AvgIpc) is 3.19. The molecule has 7 nitrogen and oxygen atoms in total. The largest absolute Gasteiger partial charge is 0.338 e. The van der Waals surface area contributed by atoms with Crippen LogP contribution in [0.4, 0.5) is 5.69 Å². The highest BCUT2D eigenvalue weighted by Gasteiger charge is 2.21. The fraction of sp³-hybridized carbons (Fsp3) is 0.286. The number of rotatable bonds is 6. The monoisotopic (exact) mass is 411 g/mol. The molecule has 4 rings (SSSR count). The third-order valence-corrected chi connectivity index (χ3v) is 5.16. The van der Waals surface area contributed by atoms with Crippen molar-refractivity contribution >= 4 is 23.2 Å². The first-order valence-electron chi connectivity index (χ1n) is 9.54. The Morgan fingerprint density at radius 3 is 2.45 bits per heavy atom. The maximum Gasteiger partial charge on any atom is 0.241 e. The van der Waals surface area contributed by atoms with Gasteiger partial charge in [-0.05, 0) is 24.3 Å². The van der Waals surface area contributed by atoms with Crippen LogP contribution >= 0.6 is 11.6 Å². The predicted octanol–water partition coefficient (Wildman–Crippen LogP) is 3.15. The van der Waals surface area contributed by atoms with Crippen LogP contribution in [0.15, 0.2) is 59.1 Å². The number of carbonyl (C=O) groups excluding carboxylic acids is 1. The Bertz CT molecular complexity index is 954. The van der Waals surface area contributed by atoms with Crippen molar-refractivity contribution in [3.8, 4) is 11.4 Å². The van der Waals surface area contributed by atoms with Gasteiger partial charge in [-0.15, -0.1) is 0 Å². The van der Waals surface area contributed by atoms with E-state index in [0.29, 0.717) is 29.8 Å². The average molecular weight is 412 g/mol. The van der Waals surface area contributed by atoms with Crippen LogP contribution in [0.5, 0.6) is 0 Å². The smallest absolute Gasteiger partial charge is 0.241 e. The number of carbonyl (C=O) groups is 1. The number of aromatic nitrogens is 2. The lowest BCUT2D eigenvalue weighted by atomic mass is 10.2. The maximum absolute atomic E-state index is 12.2. The van der Waals surface area contributed by atoms with E-state index in [1.807, 2.05) is 48.5 Å². The van der Waals surface area contributed by atoms with E-state index in [-0.39, 0.29) is 5.91 Å². The molecule has 8 heteroatoms. The molecule has 1 fully saturated rings. The van der Waals surface area contributed by atoms with Crippen molar-refractivity contribution in [2.75, 3.05) is 38.0 Å². The van der Waals surface area contributed by atoms with E-state index < -0.39 is 0 Å². The Morgan fingerprint density at radius 1 is 1.00 bits per heavy atom. The molecule has 1 amide bonds. The highest BCUT2D eigenvalue weighted by atomic mass is 35.5. The first-order valence-corrected chi connectivity index (χ1v) is 9.92. The van der Waals surface area contributed by atoms with Crippen molar-refractivity contribution in [2.24, 2.45) is 0 Å². The minimum Gasteiger partial charge on any atom is -0.338 e. The van der Waals surface area contributed by atoms with Crippen molar-refractivity contribution in [2.45, 2.75) is 6.54 Å². The van der Waals surface area contributed by atoms with Crippen LogP contribution in [-0.2, 0) is 11.3 Å². The predicted molar refractivity (Wildman–Crippen MR) is 112 cm³/mol. The fourth-order valence-electron chi connectivity index (χ4n) is 3.29. The first kappa shape index (κ1) is 19.6. The van der Waals surface area contributed by atoms with Crippen LogP contribution in [0.2, 0.25) is 5.02 Å². The Labute approximate surface area is 174 Å². The molecule has 1 N–H and O–H groups in total. The Kier molecular flexibility index (Phi) is 6.19. The highest BCUT2D eigenvalue weighted by Crippen LogP contribution is 2.25. The summed E-state index contributed by atoms with van der Waals surface area (Å²) in [4.78, 5) is 21.1. The third kappa shape index (κ3) is 5.20. The van der Waals surface area contributed by atoms with Crippen molar-refractivity contribution in [3.05, 3.63) is 65.5 Å². The molecule has 2 heterocycles. The summed E-state index contributed by atoms with van der Waals surface area (Å²) in [5, 5.41) is 7.57. The fourth-order valence-corrected chi connectivity index (χ4v) is 3.51. The van der Waals surface area contributed by atoms with Gasteiger partial charge in [0.25, 0.3) is 0 Å². The van der Waals surface area contributed by atoms with Gasteiger partial charge in [0.15, 0.2) is 0 Å². The second kappa shape index (κ2) is 9.17. The zero-order valence-electron chi connectivity index (χ0n) is 15.9. The van der Waals surface area contributed by atoms with E-state index >= 15 is 0 Å². The topological polar surface area (TPSA) is 74.5 Å². The summed E-state index contributed by atoms with van der Waals surface area (Å²) >= 11 is 6.20. The van der Waals surface area contributed by atoms with Crippen molar-refractivity contribution < 1.29 is 9.32 Å². The lowest BCUT2D eigenvalue weighted by Crippen LogP contribution is -2.48. The molecule has 0 radical (unpaired) electrons. The number of hydrogen-bond donors (Lipinski definition) is 1. The molecule has 0 saturated carbocycles. The van der Waals surface area contributed by atoms with Gasteiger partial charge in [-0.1, -0.05) is 47.1 Å². The second-order valence-electron chi connectivity index (χ2n) is 6.96. The van der Waals surface area contributed by atoms with Crippen LogP contribution < -0.4 is 5.32 Å². The van der Waals surface area contributed by atoms with Gasteiger partial charge in [0.2, 0.25) is 17.6 Å². The minimum absolute atomic E-state index is 0.00549. The number of benzene rings is 2. The summed E-state index contributed by atoms with van der Waals surface area (Å²) in [6, 6.07) is 16.9. The Morgan fingerprint density at radius 2 is 1.69 bits per heavy atom. The Hall–Kier alpha value is -2.74. The number of anilines is 1. The van der Waals surface area contributed by atoms with Gasteiger partial charge in [0.05, 0.1) is 18.1 Å². The van der Waals surface area contributed by atoms with Gasteiger partial charge in [-0.25, -0.2) is 0 Å². The molecule has 29 heavy (non-hydrogen) atoms. The molecule has 0 atom stereocenters. The van der Waals surface area contributed by atoms with E-state index in [1.54, 1.807) is 6.07 Å². The number of halogens is 1. The standard InChI is InChI=1S/C21H22ClN5O2/c22-18-9-5-4-8-17(18)21-24-20(29-25-21)15-27-12-10-26(11-13-27)14-19(28)23-16-6-2-1-3-7-16/h1-9H,10-15H2,(H,23,28). The quantitative estimate of drug-likeness (QED) is 0.671. The zero-order chi connectivity index (χ0) is 20.1. The second-order valence-corrected chi connectivity index (χ2v) is 7.37. The van der Waals surface area contributed by atoms with Gasteiger partial charge >= 0.3 is 0 Å². The van der Waals surface area contributed by atoms with Crippen molar-refractivity contribution in [1.82, 2.24) is 19.9 Å². The third-order valence-electron chi connectivity index (χ3n) is 4.83. The lowest BCUT2D eigenvalue weighted by molar-refractivity contribution is -0.117. The molecule has 1 aliphatic heterocycles. The van der Waals surface area contributed by atoms with Gasteiger partial charge in [-0.3, -0.25) is 14.6 Å². The molecule has 1 aliphatic rings. The number of nitrogens with zero attached hydrogens (tertiary/aromatic N) is 4. The molecule has 0 unspecified atom stereocenters. The minimum atomic E-state index is 0.00549. The van der Waals surface area contributed by atoms with Crippen molar-refractivity contribution in [3.63, 3.8) is 0 Å². The summed E-state index contributed by atoms with van der Waals surface area (Å²) in [6.07, 6.45) is 0. The molecule has 0 bridgehead atoms. The lowest BCUT2D eigenvalue weighted by Gasteiger charge is -2.33. The van der Waals surface area contributed by atoms with Crippen LogP contribution in [0.25, 0.3) is 11.4 Å². The molecule has 1 aromatic heterocycles. The summed E-state index contributed by atoms with van der Waals surface area (Å²) < 4.78 is 5.40. The highest BCUT2D eigenvalue weighted by molar-refractivity contribution is 6.33. The van der Waals surface area contributed by atoms with E-state index in [9.17, 15) is 4.79 Å². The molecule has 0 aliphatic carbocycles. The number of nitrogens with one attached hydrogen (secondary N) is 1. The van der Waals surface area contributed by atoms with Crippen LogP contribution in [0.3, 0.4) is 0 Å². The molecule has 0 spiro atoms. The number of hydrogen-bond acceptors (Lipinski definition) is 6.